The van der Waals surface area contributed by atoms with Gasteiger partial charge >= 0.3 is 0 Å². The van der Waals surface area contributed by atoms with Crippen LogP contribution in [-0.4, -0.2) is 85.3 Å². The molecule has 0 saturated carbocycles. The van der Waals surface area contributed by atoms with Crippen molar-refractivity contribution in [1.29, 1.82) is 0 Å². The van der Waals surface area contributed by atoms with Crippen molar-refractivity contribution in [3.63, 3.8) is 0 Å². The van der Waals surface area contributed by atoms with Crippen LogP contribution in [0.3, 0.4) is 0 Å². The molecule has 0 aliphatic rings. The Kier molecular flexibility index (Phi) is 11.2. The zero-order valence-corrected chi connectivity index (χ0v) is 12.1. The van der Waals surface area contributed by atoms with Gasteiger partial charge in [0, 0.05) is 39.6 Å². The molecule has 0 bridgehead atoms. The first-order chi connectivity index (χ1) is 9.18. The minimum absolute atomic E-state index is 0.0169. The number of carbonyl (C=O) groups is 2. The van der Waals surface area contributed by atoms with Crippen LogP contribution >= 0.6 is 0 Å². The number of likely N-dealkylation sites (N-methyl/N-ethyl adjacent to an activating group) is 2. The van der Waals surface area contributed by atoms with Crippen LogP contribution in [-0.2, 0) is 9.59 Å². The standard InChI is InChI=1S/C5H10N4O2.C5H12N2O2/c1-9(2)5(11)4(10)3-7-8-6;1-7(2)5(9)4(8)3-6/h4,10H,3H2,1-2H3;4,8H,3,6H2,1-2H3/t2*4-/m11/s1. The summed E-state index contributed by atoms with van der Waals surface area (Å²) in [6.07, 6.45) is -2.26. The van der Waals surface area contributed by atoms with Crippen LogP contribution in [0.15, 0.2) is 5.11 Å². The van der Waals surface area contributed by atoms with Gasteiger partial charge in [0.05, 0.1) is 6.54 Å². The molecule has 0 unspecified atom stereocenters. The summed E-state index contributed by atoms with van der Waals surface area (Å²) in [7, 11) is 6.17. The normalized spacial score (nSPS) is 12.2. The second kappa shape index (κ2) is 11.0. The highest BCUT2D eigenvalue weighted by molar-refractivity contribution is 5.80. The minimum Gasteiger partial charge on any atom is -0.383 e. The van der Waals surface area contributed by atoms with E-state index in [9.17, 15) is 9.59 Å². The van der Waals surface area contributed by atoms with Crippen molar-refractivity contribution < 1.29 is 19.8 Å². The lowest BCUT2D eigenvalue weighted by Crippen LogP contribution is -2.38. The Labute approximate surface area is 117 Å². The maximum Gasteiger partial charge on any atom is 0.252 e. The van der Waals surface area contributed by atoms with Crippen molar-refractivity contribution in [3.05, 3.63) is 10.4 Å². The van der Waals surface area contributed by atoms with Gasteiger partial charge in [-0.25, -0.2) is 0 Å². The van der Waals surface area contributed by atoms with Gasteiger partial charge in [0.15, 0.2) is 0 Å². The van der Waals surface area contributed by atoms with Gasteiger partial charge in [-0.2, -0.15) is 0 Å². The summed E-state index contributed by atoms with van der Waals surface area (Å²) in [5, 5.41) is 20.8. The van der Waals surface area contributed by atoms with Crippen molar-refractivity contribution in [2.45, 2.75) is 12.2 Å². The molecular formula is C10H22N6O4. The van der Waals surface area contributed by atoms with E-state index in [2.05, 4.69) is 10.0 Å². The Morgan fingerprint density at radius 1 is 1.15 bits per heavy atom. The van der Waals surface area contributed by atoms with E-state index in [1.165, 1.54) is 23.9 Å². The van der Waals surface area contributed by atoms with Crippen LogP contribution in [0, 0.1) is 0 Å². The molecule has 0 aliphatic heterocycles. The molecule has 0 aromatic carbocycles. The van der Waals surface area contributed by atoms with E-state index >= 15 is 0 Å². The highest BCUT2D eigenvalue weighted by Crippen LogP contribution is 1.90. The fraction of sp³-hybridized carbons (Fsp3) is 0.800. The van der Waals surface area contributed by atoms with Gasteiger partial charge in [0.2, 0.25) is 0 Å². The number of aliphatic hydroxyl groups excluding tert-OH is 2. The van der Waals surface area contributed by atoms with Crippen molar-refractivity contribution >= 4 is 11.8 Å². The minimum atomic E-state index is -1.22. The molecule has 0 spiro atoms. The number of rotatable bonds is 5. The molecule has 0 heterocycles. The predicted molar refractivity (Wildman–Crippen MR) is 72.5 cm³/mol. The lowest BCUT2D eigenvalue weighted by Gasteiger charge is -2.13. The van der Waals surface area contributed by atoms with Crippen LogP contribution in [0.25, 0.3) is 10.4 Å². The molecule has 0 rings (SSSR count). The van der Waals surface area contributed by atoms with Gasteiger partial charge in [-0.3, -0.25) is 9.59 Å². The van der Waals surface area contributed by atoms with E-state index in [0.717, 1.165) is 0 Å². The first kappa shape index (κ1) is 20.4. The summed E-state index contributed by atoms with van der Waals surface area (Å²) in [6, 6.07) is 0. The third-order valence-corrected chi connectivity index (χ3v) is 1.99. The van der Waals surface area contributed by atoms with E-state index in [1.807, 2.05) is 0 Å². The Hall–Kier alpha value is -1.87. The summed E-state index contributed by atoms with van der Waals surface area (Å²) in [5.41, 5.74) is 12.9. The van der Waals surface area contributed by atoms with Gasteiger partial charge in [-0.15, -0.1) is 0 Å². The Balaban J connectivity index is 0. The third-order valence-electron chi connectivity index (χ3n) is 1.99. The molecule has 0 aromatic rings. The average molecular weight is 290 g/mol. The number of amides is 2. The number of azide groups is 1. The Morgan fingerprint density at radius 2 is 1.55 bits per heavy atom. The third kappa shape index (κ3) is 9.11. The smallest absolute Gasteiger partial charge is 0.252 e. The molecule has 0 saturated heterocycles. The van der Waals surface area contributed by atoms with E-state index in [4.69, 9.17) is 21.5 Å². The first-order valence-corrected chi connectivity index (χ1v) is 5.68. The fourth-order valence-electron chi connectivity index (χ4n) is 0.889. The molecule has 10 nitrogen and oxygen atoms in total. The Morgan fingerprint density at radius 3 is 1.80 bits per heavy atom. The van der Waals surface area contributed by atoms with Crippen LogP contribution in [0.1, 0.15) is 0 Å². The highest BCUT2D eigenvalue weighted by Gasteiger charge is 2.15. The Bertz CT molecular complexity index is 354. The van der Waals surface area contributed by atoms with Crippen molar-refractivity contribution in [3.8, 4) is 0 Å². The predicted octanol–water partition coefficient (Wildman–Crippen LogP) is -1.86. The van der Waals surface area contributed by atoms with Crippen LogP contribution in [0.5, 0.6) is 0 Å². The molecule has 4 N–H and O–H groups in total. The maximum atomic E-state index is 10.8. The summed E-state index contributed by atoms with van der Waals surface area (Å²) < 4.78 is 0. The number of nitrogens with two attached hydrogens (primary N) is 1. The summed E-state index contributed by atoms with van der Waals surface area (Å²) in [4.78, 5) is 26.5. The molecule has 0 fully saturated rings. The molecule has 20 heavy (non-hydrogen) atoms. The van der Waals surface area contributed by atoms with E-state index in [-0.39, 0.29) is 19.0 Å². The molecule has 116 valence electrons. The van der Waals surface area contributed by atoms with Crippen LogP contribution in [0.4, 0.5) is 0 Å². The van der Waals surface area contributed by atoms with E-state index in [0.29, 0.717) is 0 Å². The maximum absolute atomic E-state index is 10.8. The summed E-state index contributed by atoms with van der Waals surface area (Å²) in [6.45, 7) is -0.232. The SMILES string of the molecule is CN(C)C(=O)[C@H](O)CN.CN(C)C(=O)[C@H](O)CN=[N+]=[N-]. The molecule has 2 amide bonds. The van der Waals surface area contributed by atoms with Crippen LogP contribution < -0.4 is 5.73 Å². The zero-order chi connectivity index (χ0) is 16.3. The number of carbonyl (C=O) groups excluding carboxylic acids is 2. The summed E-state index contributed by atoms with van der Waals surface area (Å²) in [5.74, 6) is -0.810. The van der Waals surface area contributed by atoms with E-state index in [1.54, 1.807) is 14.1 Å². The quantitative estimate of drug-likeness (QED) is 0.307. The average Bonchev–Trinajstić information content (AvgIpc) is 2.42. The number of nitrogens with zero attached hydrogens (tertiary/aromatic N) is 5. The fourth-order valence-corrected chi connectivity index (χ4v) is 0.889. The topological polar surface area (TPSA) is 156 Å². The molecule has 0 radical (unpaired) electrons. The van der Waals surface area contributed by atoms with E-state index < -0.39 is 18.1 Å². The van der Waals surface area contributed by atoms with Gasteiger partial charge < -0.3 is 25.7 Å². The molecule has 0 aromatic heterocycles. The molecular weight excluding hydrogens is 268 g/mol. The first-order valence-electron chi connectivity index (χ1n) is 5.68. The highest BCUT2D eigenvalue weighted by atomic mass is 16.3. The monoisotopic (exact) mass is 290 g/mol. The lowest BCUT2D eigenvalue weighted by atomic mass is 10.3. The second-order valence-electron chi connectivity index (χ2n) is 4.15. The lowest BCUT2D eigenvalue weighted by molar-refractivity contribution is -0.137. The number of hydrogen-bond acceptors (Lipinski definition) is 6. The molecule has 10 heteroatoms. The zero-order valence-electron chi connectivity index (χ0n) is 12.1. The van der Waals surface area contributed by atoms with Crippen molar-refractivity contribution in [2.24, 2.45) is 10.8 Å². The van der Waals surface area contributed by atoms with Crippen molar-refractivity contribution in [2.75, 3.05) is 41.3 Å². The van der Waals surface area contributed by atoms with Gasteiger partial charge in [-0.1, -0.05) is 5.11 Å². The largest absolute Gasteiger partial charge is 0.383 e. The van der Waals surface area contributed by atoms with Crippen LogP contribution in [0.2, 0.25) is 0 Å². The van der Waals surface area contributed by atoms with Gasteiger partial charge in [0.25, 0.3) is 11.8 Å². The van der Waals surface area contributed by atoms with Gasteiger partial charge in [-0.05, 0) is 5.53 Å². The molecule has 0 aliphatic carbocycles. The summed E-state index contributed by atoms with van der Waals surface area (Å²) >= 11 is 0. The number of hydrogen-bond donors (Lipinski definition) is 3. The number of aliphatic hydroxyl groups is 2. The van der Waals surface area contributed by atoms with Gasteiger partial charge in [0.1, 0.15) is 12.2 Å². The second-order valence-corrected chi connectivity index (χ2v) is 4.15. The molecule has 2 atom stereocenters. The van der Waals surface area contributed by atoms with Crippen molar-refractivity contribution in [1.82, 2.24) is 9.80 Å².